The molecule has 0 aliphatic carbocycles. The van der Waals surface area contributed by atoms with Gasteiger partial charge < -0.3 is 5.32 Å². The highest BCUT2D eigenvalue weighted by Crippen LogP contribution is 2.18. The Morgan fingerprint density at radius 3 is 2.89 bits per heavy atom. The van der Waals surface area contributed by atoms with Gasteiger partial charge in [-0.1, -0.05) is 31.2 Å². The summed E-state index contributed by atoms with van der Waals surface area (Å²) >= 11 is 0. The van der Waals surface area contributed by atoms with E-state index in [1.54, 1.807) is 0 Å². The van der Waals surface area contributed by atoms with E-state index in [1.807, 2.05) is 0 Å². The molecule has 0 bridgehead atoms. The highest BCUT2D eigenvalue weighted by molar-refractivity contribution is 5.76. The SMILES string of the molecule is CCCNC(=O)CCN1CCc2ccccc2C1. The van der Waals surface area contributed by atoms with Crippen molar-refractivity contribution in [1.82, 2.24) is 10.2 Å². The molecule has 0 unspecified atom stereocenters. The van der Waals surface area contributed by atoms with Gasteiger partial charge in [-0.3, -0.25) is 9.69 Å². The van der Waals surface area contributed by atoms with Crippen molar-refractivity contribution in [3.8, 4) is 0 Å². The van der Waals surface area contributed by atoms with Crippen molar-refractivity contribution < 1.29 is 4.79 Å². The second-order valence-corrected chi connectivity index (χ2v) is 4.89. The van der Waals surface area contributed by atoms with E-state index in [0.717, 1.165) is 39.0 Å². The molecule has 3 nitrogen and oxygen atoms in total. The monoisotopic (exact) mass is 246 g/mol. The molecule has 0 fully saturated rings. The minimum Gasteiger partial charge on any atom is -0.356 e. The van der Waals surface area contributed by atoms with Crippen LogP contribution in [0, 0.1) is 0 Å². The Labute approximate surface area is 109 Å². The number of carbonyl (C=O) groups excluding carboxylic acids is 1. The summed E-state index contributed by atoms with van der Waals surface area (Å²) in [6.45, 7) is 5.78. The average Bonchev–Trinajstić information content (AvgIpc) is 2.42. The largest absolute Gasteiger partial charge is 0.356 e. The fraction of sp³-hybridized carbons (Fsp3) is 0.533. The molecule has 2 rings (SSSR count). The maximum Gasteiger partial charge on any atom is 0.221 e. The van der Waals surface area contributed by atoms with E-state index < -0.39 is 0 Å². The number of hydrogen-bond acceptors (Lipinski definition) is 2. The molecular weight excluding hydrogens is 224 g/mol. The number of nitrogens with zero attached hydrogens (tertiary/aromatic N) is 1. The van der Waals surface area contributed by atoms with Crippen molar-refractivity contribution in [2.45, 2.75) is 32.7 Å². The summed E-state index contributed by atoms with van der Waals surface area (Å²) in [7, 11) is 0. The molecule has 1 N–H and O–H groups in total. The molecule has 0 radical (unpaired) electrons. The predicted molar refractivity (Wildman–Crippen MR) is 73.3 cm³/mol. The zero-order valence-corrected chi connectivity index (χ0v) is 11.1. The summed E-state index contributed by atoms with van der Waals surface area (Å²) in [5.41, 5.74) is 2.88. The molecule has 1 aliphatic heterocycles. The van der Waals surface area contributed by atoms with Crippen LogP contribution in [-0.4, -0.2) is 30.4 Å². The Morgan fingerprint density at radius 2 is 2.11 bits per heavy atom. The van der Waals surface area contributed by atoms with Crippen LogP contribution in [0.25, 0.3) is 0 Å². The van der Waals surface area contributed by atoms with Crippen LogP contribution in [-0.2, 0) is 17.8 Å². The summed E-state index contributed by atoms with van der Waals surface area (Å²) in [6.07, 6.45) is 2.72. The lowest BCUT2D eigenvalue weighted by molar-refractivity contribution is -0.121. The first-order chi connectivity index (χ1) is 8.79. The molecule has 1 aromatic carbocycles. The number of amides is 1. The Morgan fingerprint density at radius 1 is 1.33 bits per heavy atom. The Bertz CT molecular complexity index is 403. The van der Waals surface area contributed by atoms with E-state index in [4.69, 9.17) is 0 Å². The third-order valence-electron chi connectivity index (χ3n) is 3.44. The van der Waals surface area contributed by atoms with Crippen LogP contribution >= 0.6 is 0 Å². The van der Waals surface area contributed by atoms with E-state index in [1.165, 1.54) is 11.1 Å². The molecule has 98 valence electrons. The maximum absolute atomic E-state index is 11.6. The Kier molecular flexibility index (Phi) is 4.76. The zero-order valence-electron chi connectivity index (χ0n) is 11.1. The second kappa shape index (κ2) is 6.55. The smallest absolute Gasteiger partial charge is 0.221 e. The minimum atomic E-state index is 0.177. The van der Waals surface area contributed by atoms with Crippen LogP contribution in [0.5, 0.6) is 0 Å². The Hall–Kier alpha value is -1.35. The van der Waals surface area contributed by atoms with Gasteiger partial charge in [0.15, 0.2) is 0 Å². The van der Waals surface area contributed by atoms with E-state index in [0.29, 0.717) is 6.42 Å². The Balaban J connectivity index is 1.78. The van der Waals surface area contributed by atoms with Gasteiger partial charge in [-0.05, 0) is 24.0 Å². The summed E-state index contributed by atoms with van der Waals surface area (Å²) in [5.74, 6) is 0.177. The summed E-state index contributed by atoms with van der Waals surface area (Å²) < 4.78 is 0. The number of nitrogens with one attached hydrogen (secondary N) is 1. The highest BCUT2D eigenvalue weighted by atomic mass is 16.1. The van der Waals surface area contributed by atoms with Gasteiger partial charge in [0, 0.05) is 32.6 Å². The lowest BCUT2D eigenvalue weighted by Crippen LogP contribution is -2.34. The number of fused-ring (bicyclic) bond motifs is 1. The third-order valence-corrected chi connectivity index (χ3v) is 3.44. The molecule has 1 amide bonds. The standard InChI is InChI=1S/C15H22N2O/c1-2-9-16-15(18)8-11-17-10-7-13-5-3-4-6-14(13)12-17/h3-6H,2,7-12H2,1H3,(H,16,18). The van der Waals surface area contributed by atoms with Crippen LogP contribution in [0.15, 0.2) is 24.3 Å². The molecule has 1 aliphatic rings. The van der Waals surface area contributed by atoms with E-state index in [-0.39, 0.29) is 5.91 Å². The number of hydrogen-bond donors (Lipinski definition) is 1. The quantitative estimate of drug-likeness (QED) is 0.861. The molecule has 0 saturated carbocycles. The summed E-state index contributed by atoms with van der Waals surface area (Å²) in [4.78, 5) is 13.9. The van der Waals surface area contributed by atoms with Crippen LogP contribution in [0.2, 0.25) is 0 Å². The lowest BCUT2D eigenvalue weighted by Gasteiger charge is -2.28. The van der Waals surface area contributed by atoms with Gasteiger partial charge in [-0.15, -0.1) is 0 Å². The number of benzene rings is 1. The van der Waals surface area contributed by atoms with Gasteiger partial charge in [0.25, 0.3) is 0 Å². The second-order valence-electron chi connectivity index (χ2n) is 4.89. The molecule has 3 heteroatoms. The van der Waals surface area contributed by atoms with Gasteiger partial charge in [0.1, 0.15) is 0 Å². The zero-order chi connectivity index (χ0) is 12.8. The molecule has 1 heterocycles. The fourth-order valence-electron chi connectivity index (χ4n) is 2.36. The highest BCUT2D eigenvalue weighted by Gasteiger charge is 2.15. The molecular formula is C15H22N2O. The van der Waals surface area contributed by atoms with Crippen molar-refractivity contribution in [3.63, 3.8) is 0 Å². The van der Waals surface area contributed by atoms with Gasteiger partial charge in [0.05, 0.1) is 0 Å². The number of carbonyl (C=O) groups is 1. The predicted octanol–water partition coefficient (Wildman–Crippen LogP) is 1.96. The van der Waals surface area contributed by atoms with Crippen molar-refractivity contribution in [1.29, 1.82) is 0 Å². The van der Waals surface area contributed by atoms with Crippen LogP contribution in [0.1, 0.15) is 30.9 Å². The van der Waals surface area contributed by atoms with Crippen molar-refractivity contribution in [2.75, 3.05) is 19.6 Å². The molecule has 0 spiro atoms. The van der Waals surface area contributed by atoms with Crippen molar-refractivity contribution in [2.24, 2.45) is 0 Å². The minimum absolute atomic E-state index is 0.177. The van der Waals surface area contributed by atoms with E-state index in [9.17, 15) is 4.79 Å². The van der Waals surface area contributed by atoms with Crippen LogP contribution in [0.3, 0.4) is 0 Å². The molecule has 18 heavy (non-hydrogen) atoms. The van der Waals surface area contributed by atoms with Crippen molar-refractivity contribution in [3.05, 3.63) is 35.4 Å². The van der Waals surface area contributed by atoms with E-state index >= 15 is 0 Å². The summed E-state index contributed by atoms with van der Waals surface area (Å²) in [5, 5.41) is 2.93. The number of rotatable bonds is 5. The van der Waals surface area contributed by atoms with Gasteiger partial charge >= 0.3 is 0 Å². The topological polar surface area (TPSA) is 32.3 Å². The van der Waals surface area contributed by atoms with Gasteiger partial charge in [0.2, 0.25) is 5.91 Å². The first-order valence-corrected chi connectivity index (χ1v) is 6.85. The van der Waals surface area contributed by atoms with Gasteiger partial charge in [-0.25, -0.2) is 0 Å². The molecule has 0 atom stereocenters. The first kappa shape index (κ1) is 13.1. The average molecular weight is 246 g/mol. The first-order valence-electron chi connectivity index (χ1n) is 6.85. The van der Waals surface area contributed by atoms with Crippen LogP contribution < -0.4 is 5.32 Å². The molecule has 0 aromatic heterocycles. The lowest BCUT2D eigenvalue weighted by atomic mass is 10.00. The molecule has 0 saturated heterocycles. The van der Waals surface area contributed by atoms with Gasteiger partial charge in [-0.2, -0.15) is 0 Å². The third kappa shape index (κ3) is 3.57. The summed E-state index contributed by atoms with van der Waals surface area (Å²) in [6, 6.07) is 8.60. The van der Waals surface area contributed by atoms with Crippen molar-refractivity contribution >= 4 is 5.91 Å². The van der Waals surface area contributed by atoms with Crippen LogP contribution in [0.4, 0.5) is 0 Å². The van der Waals surface area contributed by atoms with E-state index in [2.05, 4.69) is 41.4 Å². The maximum atomic E-state index is 11.6. The molecule has 1 aromatic rings. The normalized spacial score (nSPS) is 15.2. The fourth-order valence-corrected chi connectivity index (χ4v) is 2.36.